The molecule has 0 fully saturated rings. The largest absolute Gasteiger partial charge is 0.303 e. The van der Waals surface area contributed by atoms with E-state index in [1.807, 2.05) is 0 Å². The van der Waals surface area contributed by atoms with Gasteiger partial charge in [-0.1, -0.05) is 145 Å². The van der Waals surface area contributed by atoms with Gasteiger partial charge in [-0.3, -0.25) is 0 Å². The number of nitrogens with zero attached hydrogens (tertiary/aromatic N) is 1. The van der Waals surface area contributed by atoms with E-state index in [4.69, 9.17) is 6.57 Å². The molecule has 0 aliphatic heterocycles. The summed E-state index contributed by atoms with van der Waals surface area (Å²) in [5.74, 6) is 0. The van der Waals surface area contributed by atoms with E-state index in [-0.39, 0.29) is 4.05 Å². The molecular formula is C25H47I2N. The van der Waals surface area contributed by atoms with Crippen LogP contribution in [0.5, 0.6) is 0 Å². The predicted octanol–water partition coefficient (Wildman–Crippen LogP) is 10.7. The molecule has 0 aliphatic rings. The molecule has 0 amide bonds. The van der Waals surface area contributed by atoms with Crippen LogP contribution in [0, 0.1) is 6.57 Å². The van der Waals surface area contributed by atoms with E-state index in [0.717, 1.165) is 6.42 Å². The van der Waals surface area contributed by atoms with Crippen LogP contribution in [0.25, 0.3) is 4.85 Å². The molecule has 1 atom stereocenters. The molecule has 0 bridgehead atoms. The third-order valence-electron chi connectivity index (χ3n) is 5.72. The number of alkyl halides is 2. The number of rotatable bonds is 23. The maximum Gasteiger partial charge on any atom is 0.271 e. The van der Waals surface area contributed by atoms with Crippen molar-refractivity contribution in [3.63, 3.8) is 0 Å². The molecular weight excluding hydrogens is 568 g/mol. The van der Waals surface area contributed by atoms with E-state index in [2.05, 4.69) is 50.0 Å². The summed E-state index contributed by atoms with van der Waals surface area (Å²) in [5, 5.41) is 0. The van der Waals surface area contributed by atoms with Gasteiger partial charge in [0, 0.05) is 29.0 Å². The molecule has 0 spiro atoms. The first-order chi connectivity index (χ1) is 13.8. The average Bonchev–Trinajstić information content (AvgIpc) is 2.71. The highest BCUT2D eigenvalue weighted by Crippen LogP contribution is 2.16. The zero-order chi connectivity index (χ0) is 20.5. The van der Waals surface area contributed by atoms with Gasteiger partial charge in [0.1, 0.15) is 0 Å². The van der Waals surface area contributed by atoms with Crippen LogP contribution in [-0.2, 0) is 0 Å². The first-order valence-electron chi connectivity index (χ1n) is 12.4. The van der Waals surface area contributed by atoms with Crippen molar-refractivity contribution in [2.45, 2.75) is 145 Å². The maximum atomic E-state index is 6.95. The van der Waals surface area contributed by atoms with Crippen LogP contribution in [0.3, 0.4) is 0 Å². The molecule has 1 nitrogen and oxygen atoms in total. The van der Waals surface area contributed by atoms with Crippen molar-refractivity contribution in [2.75, 3.05) is 4.43 Å². The highest BCUT2D eigenvalue weighted by Gasteiger charge is 2.04. The van der Waals surface area contributed by atoms with Gasteiger partial charge in [0.05, 0.1) is 0 Å². The Hall–Kier alpha value is 0.950. The summed E-state index contributed by atoms with van der Waals surface area (Å²) in [7, 11) is 0. The Balaban J connectivity index is 3.01. The second-order valence-electron chi connectivity index (χ2n) is 8.47. The minimum Gasteiger partial charge on any atom is -0.303 e. The van der Waals surface area contributed by atoms with E-state index >= 15 is 0 Å². The maximum absolute atomic E-state index is 6.95. The normalized spacial score (nSPS) is 12.2. The SMILES string of the molecule is [C-]#[N+]C(I)CCCCCCCCCCCCCCCCCCCCCCCI. The lowest BCUT2D eigenvalue weighted by atomic mass is 10.0. The third-order valence-corrected chi connectivity index (χ3v) is 7.38. The van der Waals surface area contributed by atoms with Crippen molar-refractivity contribution in [3.05, 3.63) is 11.4 Å². The first kappa shape index (κ1) is 28.9. The molecule has 0 rings (SSSR count). The van der Waals surface area contributed by atoms with Crippen LogP contribution in [0.2, 0.25) is 0 Å². The molecule has 0 heterocycles. The summed E-state index contributed by atoms with van der Waals surface area (Å²) in [6, 6.07) is 0. The Labute approximate surface area is 205 Å². The summed E-state index contributed by atoms with van der Waals surface area (Å²) in [5.41, 5.74) is 0. The lowest BCUT2D eigenvalue weighted by Gasteiger charge is -2.04. The number of halogens is 2. The monoisotopic (exact) mass is 615 g/mol. The summed E-state index contributed by atoms with van der Waals surface area (Å²) in [4.78, 5) is 3.55. The average molecular weight is 615 g/mol. The van der Waals surface area contributed by atoms with Gasteiger partial charge in [0.15, 0.2) is 0 Å². The van der Waals surface area contributed by atoms with Crippen molar-refractivity contribution in [3.8, 4) is 0 Å². The molecule has 0 aromatic heterocycles. The third kappa shape index (κ3) is 25.0. The van der Waals surface area contributed by atoms with E-state index in [1.54, 1.807) is 0 Å². The van der Waals surface area contributed by atoms with Crippen LogP contribution in [0.15, 0.2) is 0 Å². The van der Waals surface area contributed by atoms with Crippen LogP contribution in [0.1, 0.15) is 141 Å². The van der Waals surface area contributed by atoms with Crippen molar-refractivity contribution in [1.29, 1.82) is 0 Å². The second-order valence-corrected chi connectivity index (χ2v) is 11.0. The van der Waals surface area contributed by atoms with Gasteiger partial charge in [-0.15, -0.1) is 0 Å². The Morgan fingerprint density at radius 3 is 0.964 bits per heavy atom. The topological polar surface area (TPSA) is 4.36 Å². The molecule has 1 unspecified atom stereocenters. The summed E-state index contributed by atoms with van der Waals surface area (Å²) in [6.07, 6.45) is 31.3. The van der Waals surface area contributed by atoms with Gasteiger partial charge in [-0.25, -0.2) is 6.57 Å². The predicted molar refractivity (Wildman–Crippen MR) is 145 cm³/mol. The van der Waals surface area contributed by atoms with E-state index in [1.165, 1.54) is 139 Å². The van der Waals surface area contributed by atoms with Crippen molar-refractivity contribution < 1.29 is 0 Å². The fourth-order valence-corrected chi connectivity index (χ4v) is 4.81. The Morgan fingerprint density at radius 1 is 0.464 bits per heavy atom. The molecule has 0 aromatic rings. The van der Waals surface area contributed by atoms with Gasteiger partial charge >= 0.3 is 0 Å². The zero-order valence-corrected chi connectivity index (χ0v) is 22.9. The number of hydrogen-bond acceptors (Lipinski definition) is 0. The molecule has 28 heavy (non-hydrogen) atoms. The van der Waals surface area contributed by atoms with Gasteiger partial charge in [0.2, 0.25) is 0 Å². The zero-order valence-electron chi connectivity index (χ0n) is 18.5. The number of hydrogen-bond donors (Lipinski definition) is 0. The minimum absolute atomic E-state index is 0.211. The van der Waals surface area contributed by atoms with Crippen LogP contribution in [0.4, 0.5) is 0 Å². The van der Waals surface area contributed by atoms with Crippen molar-refractivity contribution in [2.24, 2.45) is 0 Å². The molecule has 0 N–H and O–H groups in total. The Morgan fingerprint density at radius 2 is 0.714 bits per heavy atom. The van der Waals surface area contributed by atoms with Crippen LogP contribution < -0.4 is 0 Å². The fourth-order valence-electron chi connectivity index (χ4n) is 3.83. The molecule has 166 valence electrons. The highest BCUT2D eigenvalue weighted by molar-refractivity contribution is 14.1. The molecule has 0 saturated heterocycles. The summed E-state index contributed by atoms with van der Waals surface area (Å²) in [6.45, 7) is 6.95. The standard InChI is InChI=1S/C25H47I2N/c1-28-25(27)23-21-19-17-15-13-11-9-7-5-3-2-4-6-8-10-12-14-16-18-20-22-24-26/h25H,2-24H2. The van der Waals surface area contributed by atoms with Gasteiger partial charge in [-0.2, -0.15) is 0 Å². The number of unbranched alkanes of at least 4 members (excludes halogenated alkanes) is 20. The van der Waals surface area contributed by atoms with E-state index < -0.39 is 0 Å². The highest BCUT2D eigenvalue weighted by atomic mass is 127. The minimum atomic E-state index is 0.211. The second kappa shape index (κ2) is 26.0. The lowest BCUT2D eigenvalue weighted by Crippen LogP contribution is -1.89. The van der Waals surface area contributed by atoms with Crippen LogP contribution in [-0.4, -0.2) is 8.48 Å². The van der Waals surface area contributed by atoms with Gasteiger partial charge in [0.25, 0.3) is 4.05 Å². The van der Waals surface area contributed by atoms with E-state index in [0.29, 0.717) is 0 Å². The molecule has 3 heteroatoms. The fraction of sp³-hybridized carbons (Fsp3) is 0.960. The molecule has 0 aliphatic carbocycles. The quantitative estimate of drug-likeness (QED) is 0.0354. The molecule has 0 saturated carbocycles. The van der Waals surface area contributed by atoms with Crippen LogP contribution >= 0.6 is 45.2 Å². The summed E-state index contributed by atoms with van der Waals surface area (Å²) < 4.78 is 1.55. The molecule has 0 aromatic carbocycles. The van der Waals surface area contributed by atoms with E-state index in [9.17, 15) is 0 Å². The van der Waals surface area contributed by atoms with Crippen molar-refractivity contribution >= 4 is 45.2 Å². The Kier molecular flexibility index (Phi) is 26.9. The lowest BCUT2D eigenvalue weighted by molar-refractivity contribution is 0.520. The Bertz CT molecular complexity index is 327. The van der Waals surface area contributed by atoms with Gasteiger partial charge < -0.3 is 4.85 Å². The van der Waals surface area contributed by atoms with Crippen molar-refractivity contribution in [1.82, 2.24) is 0 Å². The summed E-state index contributed by atoms with van der Waals surface area (Å²) >= 11 is 4.75. The molecule has 0 radical (unpaired) electrons. The first-order valence-corrected chi connectivity index (χ1v) is 15.1. The smallest absolute Gasteiger partial charge is 0.271 e. The van der Waals surface area contributed by atoms with Gasteiger partial charge in [-0.05, 0) is 17.3 Å².